The number of benzene rings is 1. The van der Waals surface area contributed by atoms with Crippen molar-refractivity contribution < 1.29 is 15.3 Å². The van der Waals surface area contributed by atoms with Crippen molar-refractivity contribution in [1.82, 2.24) is 19.7 Å². The van der Waals surface area contributed by atoms with Crippen LogP contribution in [0.5, 0.6) is 0 Å². The van der Waals surface area contributed by atoms with Gasteiger partial charge in [-0.25, -0.2) is 4.98 Å². The largest absolute Gasteiger partial charge is 0.351 e. The molecule has 1 aromatic carbocycles. The summed E-state index contributed by atoms with van der Waals surface area (Å²) in [6, 6.07) is 6.42. The quantitative estimate of drug-likeness (QED) is 0.307. The maximum Gasteiger partial charge on any atom is 0.192 e. The normalized spacial score (nSPS) is 16.2. The Labute approximate surface area is 213 Å². The Morgan fingerprint density at radius 1 is 1.14 bits per heavy atom. The van der Waals surface area contributed by atoms with E-state index in [-0.39, 0.29) is 23.9 Å². The molecule has 9 heteroatoms. The number of hydrogen-bond donors (Lipinski definition) is 1. The van der Waals surface area contributed by atoms with E-state index in [1.165, 1.54) is 24.2 Å². The highest BCUT2D eigenvalue weighted by Crippen LogP contribution is 2.39. The van der Waals surface area contributed by atoms with Gasteiger partial charge in [-0.2, -0.15) is 0 Å². The number of carbonyl (C=O) groups excluding carboxylic acids is 2. The molecule has 0 spiro atoms. The molecule has 0 bridgehead atoms. The molecule has 0 saturated heterocycles. The third-order valence-corrected chi connectivity index (χ3v) is 8.69. The van der Waals surface area contributed by atoms with Crippen molar-refractivity contribution in [3.05, 3.63) is 56.8 Å². The maximum atomic E-state index is 13.1. The lowest BCUT2D eigenvalue weighted by Crippen LogP contribution is -2.48. The van der Waals surface area contributed by atoms with E-state index in [0.29, 0.717) is 24.8 Å². The topological polar surface area (TPSA) is 105 Å². The molecule has 2 saturated carbocycles. The molecule has 0 atom stereocenters. The number of thioether (sulfide) groups is 1. The molecule has 35 heavy (non-hydrogen) atoms. The highest BCUT2D eigenvalue weighted by atomic mass is 32.2. The Bertz CT molecular complexity index is 1220. The van der Waals surface area contributed by atoms with Crippen LogP contribution in [0.3, 0.4) is 0 Å². The van der Waals surface area contributed by atoms with E-state index in [9.17, 15) is 9.59 Å². The molecule has 5 rings (SSSR count). The smallest absolute Gasteiger partial charge is 0.192 e. The molecular formula is C26H32N5O2S2+. The molecule has 2 aliphatic carbocycles. The molecule has 2 fully saturated rings. The molecule has 0 aliphatic heterocycles. The monoisotopic (exact) mass is 510 g/mol. The molecule has 7 nitrogen and oxygen atoms in total. The van der Waals surface area contributed by atoms with Gasteiger partial charge < -0.3 is 5.73 Å². The van der Waals surface area contributed by atoms with E-state index >= 15 is 0 Å². The first-order valence-electron chi connectivity index (χ1n) is 12.5. The minimum Gasteiger partial charge on any atom is -0.351 e. The standard InChI is InChI=1S/C26H31N5O2S2/c1-16-6-7-18(22(10-16)25(33)17-4-2-3-5-17)11-21(32)12-24-28-19(14-34-24)15-35-26-30-29-23(13-27)31(26)20-8-9-20/h6-7,10,14,17,20H,2-5,8-9,11-13,15,27H2,1H3/p+1. The van der Waals surface area contributed by atoms with Crippen LogP contribution in [0.1, 0.15) is 82.6 Å². The van der Waals surface area contributed by atoms with Crippen LogP contribution >= 0.6 is 23.1 Å². The van der Waals surface area contributed by atoms with Gasteiger partial charge >= 0.3 is 0 Å². The maximum absolute atomic E-state index is 13.1. The van der Waals surface area contributed by atoms with Gasteiger partial charge in [-0.15, -0.1) is 21.5 Å². The molecule has 184 valence electrons. The second kappa shape index (κ2) is 10.7. The molecule has 2 aromatic heterocycles. The van der Waals surface area contributed by atoms with Gasteiger partial charge in [-0.1, -0.05) is 42.3 Å². The third-order valence-electron chi connectivity index (χ3n) is 6.81. The third kappa shape index (κ3) is 5.73. The lowest BCUT2D eigenvalue weighted by molar-refractivity contribution is -0.389. The predicted molar refractivity (Wildman–Crippen MR) is 136 cm³/mol. The highest BCUT2D eigenvalue weighted by Gasteiger charge is 2.30. The number of rotatable bonds is 11. The lowest BCUT2D eigenvalue weighted by Gasteiger charge is -2.13. The van der Waals surface area contributed by atoms with Crippen LogP contribution in [0, 0.1) is 12.8 Å². The van der Waals surface area contributed by atoms with Gasteiger partial charge in [0.15, 0.2) is 16.8 Å². The van der Waals surface area contributed by atoms with E-state index in [2.05, 4.69) is 20.5 Å². The summed E-state index contributed by atoms with van der Waals surface area (Å²) < 4.78 is 2.22. The van der Waals surface area contributed by atoms with Gasteiger partial charge in [-0.3, -0.25) is 14.2 Å². The zero-order chi connectivity index (χ0) is 24.4. The zero-order valence-corrected chi connectivity index (χ0v) is 21.8. The van der Waals surface area contributed by atoms with Crippen LogP contribution in [0.2, 0.25) is 0 Å². The molecule has 2 heterocycles. The molecule has 3 N–H and O–H groups in total. The number of quaternary nitrogens is 1. The minimum atomic E-state index is 0.0939. The van der Waals surface area contributed by atoms with Crippen molar-refractivity contribution >= 4 is 34.7 Å². The van der Waals surface area contributed by atoms with Crippen LogP contribution in [0.4, 0.5) is 0 Å². The van der Waals surface area contributed by atoms with E-state index in [0.717, 1.165) is 64.1 Å². The van der Waals surface area contributed by atoms with Gasteiger partial charge in [-0.05, 0) is 44.2 Å². The average Bonchev–Trinajstić information content (AvgIpc) is 3.24. The van der Waals surface area contributed by atoms with Crippen LogP contribution in [0.25, 0.3) is 0 Å². The minimum absolute atomic E-state index is 0.0939. The second-order valence-electron chi connectivity index (χ2n) is 9.67. The number of hydrogen-bond acceptors (Lipinski definition) is 7. The summed E-state index contributed by atoms with van der Waals surface area (Å²) in [5, 5.41) is 12.4. The summed E-state index contributed by atoms with van der Waals surface area (Å²) in [5.41, 5.74) is 7.57. The Hall–Kier alpha value is -2.36. The van der Waals surface area contributed by atoms with Crippen LogP contribution in [-0.4, -0.2) is 31.3 Å². The Morgan fingerprint density at radius 3 is 2.69 bits per heavy atom. The van der Waals surface area contributed by atoms with Gasteiger partial charge in [0.2, 0.25) is 0 Å². The first kappa shape index (κ1) is 24.3. The fourth-order valence-corrected chi connectivity index (χ4v) is 6.68. The van der Waals surface area contributed by atoms with Crippen molar-refractivity contribution in [2.24, 2.45) is 5.92 Å². The molecule has 2 aliphatic rings. The number of carbonyl (C=O) groups is 2. The van der Waals surface area contributed by atoms with Crippen molar-refractivity contribution in [2.45, 2.75) is 81.8 Å². The summed E-state index contributed by atoms with van der Waals surface area (Å²) >= 11 is 3.17. The van der Waals surface area contributed by atoms with Crippen LogP contribution in [-0.2, 0) is 29.9 Å². The molecule has 3 aromatic rings. The van der Waals surface area contributed by atoms with Crippen molar-refractivity contribution in [1.29, 1.82) is 0 Å². The number of aryl methyl sites for hydroxylation is 1. The fourth-order valence-electron chi connectivity index (χ4n) is 4.84. The highest BCUT2D eigenvalue weighted by molar-refractivity contribution is 7.98. The summed E-state index contributed by atoms with van der Waals surface area (Å²) in [7, 11) is 0. The SMILES string of the molecule is Cc1ccc(CC(=O)Cc2nc(CSc3nnc(C[NH3+])n3C3CC3)cs2)c(C(=O)C2CCCC2)c1. The van der Waals surface area contributed by atoms with Gasteiger partial charge in [0.05, 0.1) is 12.1 Å². The Kier molecular flexibility index (Phi) is 7.45. The summed E-state index contributed by atoms with van der Waals surface area (Å²) in [6.45, 7) is 2.64. The predicted octanol–water partition coefficient (Wildman–Crippen LogP) is 4.14. The first-order valence-corrected chi connectivity index (χ1v) is 14.3. The van der Waals surface area contributed by atoms with Crippen molar-refractivity contribution in [2.75, 3.05) is 0 Å². The van der Waals surface area contributed by atoms with Gasteiger partial charge in [0.25, 0.3) is 0 Å². The summed E-state index contributed by atoms with van der Waals surface area (Å²) in [5.74, 6) is 2.06. The molecule has 0 radical (unpaired) electrons. The van der Waals surface area contributed by atoms with Gasteiger partial charge in [0, 0.05) is 35.1 Å². The number of Topliss-reactive ketones (excluding diaryl/α,β-unsaturated/α-hetero) is 2. The Balaban J connectivity index is 1.20. The number of ketones is 2. The van der Waals surface area contributed by atoms with Gasteiger partial charge in [0.1, 0.15) is 17.3 Å². The summed E-state index contributed by atoms with van der Waals surface area (Å²) in [6.07, 6.45) is 7.10. The van der Waals surface area contributed by atoms with E-state index in [1.54, 1.807) is 11.8 Å². The molecule has 0 amide bonds. The van der Waals surface area contributed by atoms with E-state index < -0.39 is 0 Å². The zero-order valence-electron chi connectivity index (χ0n) is 20.2. The first-order chi connectivity index (χ1) is 17.0. The lowest BCUT2D eigenvalue weighted by atomic mass is 9.90. The van der Waals surface area contributed by atoms with E-state index in [1.807, 2.05) is 30.5 Å². The van der Waals surface area contributed by atoms with E-state index in [4.69, 9.17) is 4.98 Å². The molecular weight excluding hydrogens is 478 g/mol. The summed E-state index contributed by atoms with van der Waals surface area (Å²) in [4.78, 5) is 30.7. The van der Waals surface area contributed by atoms with Crippen molar-refractivity contribution in [3.8, 4) is 0 Å². The number of nitrogens with zero attached hydrogens (tertiary/aromatic N) is 4. The number of aromatic nitrogens is 4. The van der Waals surface area contributed by atoms with Crippen molar-refractivity contribution in [3.63, 3.8) is 0 Å². The second-order valence-corrected chi connectivity index (χ2v) is 11.6. The van der Waals surface area contributed by atoms with Crippen LogP contribution < -0.4 is 5.73 Å². The fraction of sp³-hybridized carbons (Fsp3) is 0.500. The molecule has 0 unspecified atom stereocenters. The Morgan fingerprint density at radius 2 is 1.94 bits per heavy atom. The van der Waals surface area contributed by atoms with Crippen LogP contribution in [0.15, 0.2) is 28.7 Å². The number of thiazole rings is 1. The average molecular weight is 511 g/mol.